The highest BCUT2D eigenvalue weighted by atomic mass is 35.5. The fraction of sp³-hybridized carbons (Fsp3) is 0.333. The predicted octanol–water partition coefficient (Wildman–Crippen LogP) is 1.64. The Morgan fingerprint density at radius 2 is 1.88 bits per heavy atom. The second kappa shape index (κ2) is 11.0. The number of hydrogen-bond acceptors (Lipinski definition) is 9. The van der Waals surface area contributed by atoms with Crippen molar-refractivity contribution >= 4 is 44.9 Å². The summed E-state index contributed by atoms with van der Waals surface area (Å²) in [6.45, 7) is 3.51. The van der Waals surface area contributed by atoms with Crippen LogP contribution in [0.4, 0.5) is 13.2 Å². The van der Waals surface area contributed by atoms with E-state index < -0.39 is 54.0 Å². The first-order valence-electron chi connectivity index (χ1n) is 12.9. The third kappa shape index (κ3) is 4.97. The number of aryl methyl sites for hydroxylation is 2. The lowest BCUT2D eigenvalue weighted by Crippen LogP contribution is -2.86. The normalized spacial score (nSPS) is 26.4. The summed E-state index contributed by atoms with van der Waals surface area (Å²) in [5.74, 6) is -3.72. The quantitative estimate of drug-likeness (QED) is 0.195. The van der Waals surface area contributed by atoms with Crippen LogP contribution in [0.15, 0.2) is 30.5 Å². The van der Waals surface area contributed by atoms with Gasteiger partial charge in [0.1, 0.15) is 23.5 Å². The van der Waals surface area contributed by atoms with E-state index in [2.05, 4.69) is 20.1 Å². The molecular weight excluding hydrogens is 597 g/mol. The smallest absolute Gasteiger partial charge is 0.208 e. The van der Waals surface area contributed by atoms with Gasteiger partial charge in [-0.25, -0.2) is 32.8 Å². The molecule has 0 aliphatic carbocycles. The summed E-state index contributed by atoms with van der Waals surface area (Å²) < 4.78 is 55.6. The van der Waals surface area contributed by atoms with Crippen LogP contribution < -0.4 is 10.7 Å². The molecule has 2 fully saturated rings. The van der Waals surface area contributed by atoms with E-state index in [1.807, 2.05) is 13.0 Å². The Bertz CT molecular complexity index is 1720. The lowest BCUT2D eigenvalue weighted by molar-refractivity contribution is -0.539. The molecule has 4 aromatic rings. The first-order valence-corrected chi connectivity index (χ1v) is 14.0. The number of allylic oxidation sites excluding steroid dienone is 1. The highest BCUT2D eigenvalue weighted by Crippen LogP contribution is 2.37. The summed E-state index contributed by atoms with van der Waals surface area (Å²) in [5, 5.41) is 28.0. The van der Waals surface area contributed by atoms with Crippen molar-refractivity contribution in [1.82, 2.24) is 19.7 Å². The number of rotatable bonds is 5. The van der Waals surface area contributed by atoms with E-state index in [-0.39, 0.29) is 23.6 Å². The van der Waals surface area contributed by atoms with E-state index in [0.29, 0.717) is 22.1 Å². The largest absolute Gasteiger partial charge is 0.404 e. The molecule has 2 aliphatic rings. The minimum Gasteiger partial charge on any atom is -0.404 e. The number of hydrogen-bond donors (Lipinski definition) is 4. The number of thiazole rings is 1. The number of nitrogens with zero attached hydrogens (tertiary/aromatic N) is 4. The van der Waals surface area contributed by atoms with Crippen molar-refractivity contribution in [2.24, 2.45) is 5.73 Å². The van der Waals surface area contributed by atoms with Gasteiger partial charge in [0, 0.05) is 6.20 Å². The van der Waals surface area contributed by atoms with Gasteiger partial charge in [0.2, 0.25) is 6.04 Å². The van der Waals surface area contributed by atoms with E-state index in [9.17, 15) is 23.4 Å². The van der Waals surface area contributed by atoms with Crippen LogP contribution in [-0.2, 0) is 9.47 Å². The van der Waals surface area contributed by atoms with E-state index in [4.69, 9.17) is 26.8 Å². The molecule has 220 valence electrons. The van der Waals surface area contributed by atoms with Gasteiger partial charge in [-0.2, -0.15) is 5.10 Å². The zero-order valence-corrected chi connectivity index (χ0v) is 23.7. The van der Waals surface area contributed by atoms with E-state index in [0.717, 1.165) is 28.0 Å². The van der Waals surface area contributed by atoms with Crippen LogP contribution in [0.2, 0.25) is 5.02 Å². The van der Waals surface area contributed by atoms with Gasteiger partial charge >= 0.3 is 0 Å². The lowest BCUT2D eigenvalue weighted by atomic mass is 9.91. The first-order chi connectivity index (χ1) is 20.0. The standard InChI is InChI=1S/C27H24ClF3N6O4S/c1-10-34-27(37(36-10)14-5-15(28)21-19(6-14)42-11(2)35-21)26-23(39)22(25-24(41-26)18(38)9-40-25)33-8-13(7-32)12-3-16(29)20(31)17(30)4-12/h3-8,18,22-26,38-39H,9,32H2,1-2H3/p+1/b13-7+,33-8?/t18?,22?,23?,24?,25-,26-/m1/s1. The molecule has 42 heavy (non-hydrogen) atoms. The molecule has 6 rings (SSSR count). The average Bonchev–Trinajstić information content (AvgIpc) is 3.64. The number of aliphatic hydroxyl groups excluding tert-OH is 2. The van der Waals surface area contributed by atoms with Crippen LogP contribution in [0.25, 0.3) is 21.5 Å². The van der Waals surface area contributed by atoms with Gasteiger partial charge in [-0.1, -0.05) is 11.6 Å². The maximum Gasteiger partial charge on any atom is 0.208 e. The summed E-state index contributed by atoms with van der Waals surface area (Å²) in [4.78, 5) is 12.0. The number of nitrogens with two attached hydrogens (primary N) is 1. The van der Waals surface area contributed by atoms with Crippen molar-refractivity contribution < 1.29 is 37.9 Å². The molecule has 10 nitrogen and oxygen atoms in total. The van der Waals surface area contributed by atoms with Crippen molar-refractivity contribution in [1.29, 1.82) is 0 Å². The number of fused-ring (bicyclic) bond motifs is 2. The summed E-state index contributed by atoms with van der Waals surface area (Å²) in [6, 6.07) is 4.24. The maximum atomic E-state index is 13.9. The number of aliphatic hydroxyl groups is 2. The summed E-state index contributed by atoms with van der Waals surface area (Å²) in [5.41, 5.74) is 7.02. The van der Waals surface area contributed by atoms with Gasteiger partial charge in [0.25, 0.3) is 0 Å². The predicted molar refractivity (Wildman–Crippen MR) is 148 cm³/mol. The van der Waals surface area contributed by atoms with Crippen molar-refractivity contribution in [3.63, 3.8) is 0 Å². The van der Waals surface area contributed by atoms with Gasteiger partial charge in [0.15, 0.2) is 47.8 Å². The minimum atomic E-state index is -1.60. The zero-order valence-electron chi connectivity index (χ0n) is 22.1. The number of aromatic nitrogens is 4. The monoisotopic (exact) mass is 621 g/mol. The van der Waals surface area contributed by atoms with Crippen LogP contribution in [0.3, 0.4) is 0 Å². The average molecular weight is 622 g/mol. The highest BCUT2D eigenvalue weighted by Gasteiger charge is 2.56. The fourth-order valence-corrected chi connectivity index (χ4v) is 6.48. The third-order valence-electron chi connectivity index (χ3n) is 7.20. The Morgan fingerprint density at radius 3 is 2.60 bits per heavy atom. The molecule has 0 amide bonds. The van der Waals surface area contributed by atoms with Crippen molar-refractivity contribution in [2.75, 3.05) is 6.61 Å². The summed E-state index contributed by atoms with van der Waals surface area (Å²) in [7, 11) is 0. The maximum absolute atomic E-state index is 13.9. The van der Waals surface area contributed by atoms with E-state index in [1.165, 1.54) is 22.2 Å². The Kier molecular flexibility index (Phi) is 7.53. The zero-order chi connectivity index (χ0) is 29.9. The SMILES string of the molecule is Cc1nc([C@@H]2OC3C(O)CO[C@@H]3C([NH+]=C/C(=C\N)c3cc(F)c(F)c(F)c3)C2O)n(-c2cc(Cl)c3nc(C)sc3c2)n1. The number of halogens is 4. The molecule has 6 atom stereocenters. The Morgan fingerprint density at radius 1 is 1.14 bits per heavy atom. The second-order valence-electron chi connectivity index (χ2n) is 10.0. The van der Waals surface area contributed by atoms with Gasteiger partial charge in [-0.15, -0.1) is 11.3 Å². The van der Waals surface area contributed by atoms with E-state index in [1.54, 1.807) is 13.0 Å². The molecule has 0 bridgehead atoms. The van der Waals surface area contributed by atoms with Crippen molar-refractivity contribution in [3.05, 3.63) is 75.2 Å². The molecule has 2 saturated heterocycles. The van der Waals surface area contributed by atoms with Crippen LogP contribution in [0, 0.1) is 31.3 Å². The lowest BCUT2D eigenvalue weighted by Gasteiger charge is -2.37. The van der Waals surface area contributed by atoms with Crippen LogP contribution in [0.1, 0.15) is 28.3 Å². The number of nitrogens with one attached hydrogen (secondary N) is 1. The van der Waals surface area contributed by atoms with Crippen molar-refractivity contribution in [2.45, 2.75) is 50.4 Å². The molecular formula is C27H25ClF3N6O4S+. The molecule has 2 aromatic heterocycles. The van der Waals surface area contributed by atoms with Gasteiger partial charge in [-0.05, 0) is 43.7 Å². The van der Waals surface area contributed by atoms with Crippen LogP contribution in [-0.4, -0.2) is 73.2 Å². The molecule has 0 saturated carbocycles. The molecule has 4 unspecified atom stereocenters. The topological polar surface area (TPSA) is 143 Å². The Hall–Kier alpha value is -3.40. The first kappa shape index (κ1) is 28.7. The van der Waals surface area contributed by atoms with Gasteiger partial charge in [0.05, 0.1) is 32.6 Å². The number of ether oxygens (including phenoxy) is 2. The Labute approximate surface area is 245 Å². The fourth-order valence-electron chi connectivity index (χ4n) is 5.28. The van der Waals surface area contributed by atoms with Crippen LogP contribution >= 0.6 is 22.9 Å². The second-order valence-corrected chi connectivity index (χ2v) is 11.7. The molecule has 2 aliphatic heterocycles. The van der Waals surface area contributed by atoms with E-state index >= 15 is 0 Å². The molecule has 5 N–H and O–H groups in total. The molecule has 2 aromatic carbocycles. The number of benzene rings is 2. The summed E-state index contributed by atoms with van der Waals surface area (Å²) >= 11 is 8.00. The Balaban J connectivity index is 1.38. The highest BCUT2D eigenvalue weighted by molar-refractivity contribution is 7.18. The summed E-state index contributed by atoms with van der Waals surface area (Å²) in [6.07, 6.45) is -2.71. The molecule has 15 heteroatoms. The van der Waals surface area contributed by atoms with Gasteiger partial charge in [-0.3, -0.25) is 0 Å². The third-order valence-corrected chi connectivity index (χ3v) is 8.41. The molecule has 4 heterocycles. The minimum absolute atomic E-state index is 0.0376. The van der Waals surface area contributed by atoms with Gasteiger partial charge < -0.3 is 25.4 Å². The van der Waals surface area contributed by atoms with Crippen molar-refractivity contribution in [3.8, 4) is 5.69 Å². The molecule has 0 spiro atoms. The molecule has 0 radical (unpaired) electrons. The van der Waals surface area contributed by atoms with Crippen LogP contribution in [0.5, 0.6) is 0 Å².